The first-order valence-corrected chi connectivity index (χ1v) is 2.48. The number of hydrogen-bond acceptors (Lipinski definition) is 5. The third kappa shape index (κ3) is 1.73. The molecule has 0 N–H and O–H groups in total. The average molecular weight is 144 g/mol. The molecule has 10 heavy (non-hydrogen) atoms. The monoisotopic (exact) mass is 144 g/mol. The van der Waals surface area contributed by atoms with E-state index in [1.807, 2.05) is 0 Å². The van der Waals surface area contributed by atoms with Crippen LogP contribution < -0.4 is 0 Å². The largest absolute Gasteiger partial charge is 0.453 e. The van der Waals surface area contributed by atoms with Crippen LogP contribution in [0.4, 0.5) is 0 Å². The van der Waals surface area contributed by atoms with Gasteiger partial charge in [0, 0.05) is 6.08 Å². The summed E-state index contributed by atoms with van der Waals surface area (Å²) in [5.41, 5.74) is 0. The predicted molar refractivity (Wildman–Crippen MR) is 30.6 cm³/mol. The molecule has 0 radical (unpaired) electrons. The Labute approximate surface area is 55.8 Å². The number of rotatable bonds is 2. The van der Waals surface area contributed by atoms with Gasteiger partial charge >= 0.3 is 5.90 Å². The summed E-state index contributed by atoms with van der Waals surface area (Å²) in [5, 5.41) is 11.6. The minimum absolute atomic E-state index is 0.122. The van der Waals surface area contributed by atoms with Crippen LogP contribution in [0.1, 0.15) is 0 Å². The molecule has 0 bridgehead atoms. The summed E-state index contributed by atoms with van der Waals surface area (Å²) in [6.07, 6.45) is 3.16. The first kappa shape index (κ1) is 6.53. The van der Waals surface area contributed by atoms with Crippen molar-refractivity contribution in [2.45, 2.75) is 0 Å². The molecular weight excluding hydrogens is 140 g/mol. The van der Waals surface area contributed by atoms with Gasteiger partial charge in [-0.1, -0.05) is 0 Å². The maximum Gasteiger partial charge on any atom is 0.359 e. The molecule has 1 aliphatic rings. The maximum atomic E-state index is 9.55. The summed E-state index contributed by atoms with van der Waals surface area (Å²) in [4.78, 5) is 13.2. The van der Waals surface area contributed by atoms with E-state index in [9.17, 15) is 10.1 Å². The summed E-state index contributed by atoms with van der Waals surface area (Å²) < 4.78 is 4.71. The van der Waals surface area contributed by atoms with Crippen molar-refractivity contribution in [1.82, 2.24) is 0 Å². The van der Waals surface area contributed by atoms with Crippen LogP contribution in [0.5, 0.6) is 0 Å². The van der Waals surface area contributed by atoms with Crippen molar-refractivity contribution in [3.8, 4) is 0 Å². The second kappa shape index (κ2) is 2.81. The van der Waals surface area contributed by atoms with E-state index in [0.717, 1.165) is 0 Å². The molecule has 0 saturated carbocycles. The maximum absolute atomic E-state index is 9.55. The highest BCUT2D eigenvalue weighted by molar-refractivity contribution is 5.88. The first-order valence-electron chi connectivity index (χ1n) is 2.48. The molecule has 1 heterocycles. The second-order valence-corrected chi connectivity index (χ2v) is 1.45. The summed E-state index contributed by atoms with van der Waals surface area (Å²) in [6, 6.07) is 0. The molecule has 1 rings (SSSR count). The van der Waals surface area contributed by atoms with Crippen LogP contribution >= 0.6 is 0 Å². The van der Waals surface area contributed by atoms with Gasteiger partial charge in [0.05, 0.1) is 0 Å². The van der Waals surface area contributed by atoms with Crippen LogP contribution in [0.3, 0.4) is 0 Å². The van der Waals surface area contributed by atoms with E-state index >= 15 is 0 Å². The molecule has 0 aromatic rings. The fraction of sp³-hybridized carbons (Fsp3) is 0.250. The predicted octanol–water partition coefficient (Wildman–Crippen LogP) is 0.0946. The first-order chi connectivity index (χ1) is 4.79. The Bertz CT molecular complexity index is 197. The molecule has 0 amide bonds. The van der Waals surface area contributed by atoms with Gasteiger partial charge < -0.3 is 4.74 Å². The molecule has 0 fully saturated rings. The standard InChI is InChI=1S/C4H4N2O4/c7-6(8)10-5-4-2-1-3-9-4/h1-2H,3H2. The third-order valence-corrected chi connectivity index (χ3v) is 0.785. The molecule has 0 aromatic heterocycles. The average Bonchev–Trinajstić information content (AvgIpc) is 2.34. The van der Waals surface area contributed by atoms with Gasteiger partial charge in [0.2, 0.25) is 0 Å². The molecule has 6 nitrogen and oxygen atoms in total. The quantitative estimate of drug-likeness (QED) is 0.406. The van der Waals surface area contributed by atoms with Gasteiger partial charge in [0.1, 0.15) is 11.8 Å². The molecule has 0 aliphatic carbocycles. The van der Waals surface area contributed by atoms with Crippen molar-refractivity contribution in [2.75, 3.05) is 6.61 Å². The van der Waals surface area contributed by atoms with Gasteiger partial charge in [0.15, 0.2) is 5.09 Å². The van der Waals surface area contributed by atoms with Crippen LogP contribution in [0, 0.1) is 10.1 Å². The number of hydrogen-bond donors (Lipinski definition) is 0. The van der Waals surface area contributed by atoms with Crippen molar-refractivity contribution in [3.63, 3.8) is 0 Å². The summed E-state index contributed by atoms with van der Waals surface area (Å²) in [7, 11) is 0. The molecule has 54 valence electrons. The number of oxime groups is 1. The van der Waals surface area contributed by atoms with Crippen LogP contribution in [-0.4, -0.2) is 17.6 Å². The zero-order valence-corrected chi connectivity index (χ0v) is 4.89. The lowest BCUT2D eigenvalue weighted by Crippen LogP contribution is -1.99. The highest BCUT2D eigenvalue weighted by Gasteiger charge is 2.07. The van der Waals surface area contributed by atoms with Gasteiger partial charge in [-0.25, -0.2) is 10.1 Å². The topological polar surface area (TPSA) is 74.0 Å². The molecule has 6 heteroatoms. The molecular formula is C4H4N2O4. The summed E-state index contributed by atoms with van der Waals surface area (Å²) in [6.45, 7) is 0.389. The van der Waals surface area contributed by atoms with Crippen molar-refractivity contribution in [1.29, 1.82) is 0 Å². The van der Waals surface area contributed by atoms with Gasteiger partial charge in [-0.15, -0.1) is 0 Å². The molecule has 0 saturated heterocycles. The lowest BCUT2D eigenvalue weighted by atomic mass is 10.6. The van der Waals surface area contributed by atoms with Crippen molar-refractivity contribution < 1.29 is 14.8 Å². The normalized spacial score (nSPS) is 19.0. The fourth-order valence-electron chi connectivity index (χ4n) is 0.461. The molecule has 0 spiro atoms. The van der Waals surface area contributed by atoms with Crippen LogP contribution in [0.15, 0.2) is 17.3 Å². The molecule has 1 aliphatic heterocycles. The van der Waals surface area contributed by atoms with Gasteiger partial charge in [-0.3, -0.25) is 0 Å². The van der Waals surface area contributed by atoms with E-state index in [2.05, 4.69) is 10.1 Å². The minimum Gasteiger partial charge on any atom is -0.453 e. The molecule has 0 unspecified atom stereocenters. The fourth-order valence-corrected chi connectivity index (χ4v) is 0.461. The Morgan fingerprint density at radius 3 is 3.20 bits per heavy atom. The summed E-state index contributed by atoms with van der Waals surface area (Å²) >= 11 is 0. The van der Waals surface area contributed by atoms with Gasteiger partial charge in [-0.05, 0) is 6.08 Å². The second-order valence-electron chi connectivity index (χ2n) is 1.45. The van der Waals surface area contributed by atoms with Gasteiger partial charge in [0.25, 0.3) is 0 Å². The van der Waals surface area contributed by atoms with Crippen molar-refractivity contribution >= 4 is 5.90 Å². The minimum atomic E-state index is -1.01. The summed E-state index contributed by atoms with van der Waals surface area (Å²) in [5.74, 6) is 0.122. The SMILES string of the molecule is O=[N+]([O-])ON=C1C=CCO1. The Morgan fingerprint density at radius 2 is 2.70 bits per heavy atom. The van der Waals surface area contributed by atoms with E-state index in [1.165, 1.54) is 6.08 Å². The Morgan fingerprint density at radius 1 is 1.90 bits per heavy atom. The number of nitrogens with zero attached hydrogens (tertiary/aromatic N) is 2. The van der Waals surface area contributed by atoms with E-state index in [-0.39, 0.29) is 5.90 Å². The third-order valence-electron chi connectivity index (χ3n) is 0.785. The zero-order chi connectivity index (χ0) is 7.40. The lowest BCUT2D eigenvalue weighted by molar-refractivity contribution is -0.760. The van der Waals surface area contributed by atoms with E-state index in [0.29, 0.717) is 6.61 Å². The Balaban J connectivity index is 2.39. The number of ether oxygens (including phenoxy) is 1. The Kier molecular flexibility index (Phi) is 1.83. The van der Waals surface area contributed by atoms with E-state index < -0.39 is 5.09 Å². The van der Waals surface area contributed by atoms with Gasteiger partial charge in [-0.2, -0.15) is 4.94 Å². The van der Waals surface area contributed by atoms with Crippen LogP contribution in [-0.2, 0) is 9.68 Å². The van der Waals surface area contributed by atoms with E-state index in [4.69, 9.17) is 4.74 Å². The van der Waals surface area contributed by atoms with E-state index in [1.54, 1.807) is 6.08 Å². The smallest absolute Gasteiger partial charge is 0.359 e. The highest BCUT2D eigenvalue weighted by atomic mass is 17.0. The molecule has 0 aromatic carbocycles. The Hall–Kier alpha value is -1.59. The van der Waals surface area contributed by atoms with Crippen molar-refractivity contribution in [3.05, 3.63) is 22.3 Å². The lowest BCUT2D eigenvalue weighted by Gasteiger charge is -1.88. The van der Waals surface area contributed by atoms with Crippen molar-refractivity contribution in [2.24, 2.45) is 5.16 Å². The molecule has 0 atom stereocenters. The highest BCUT2D eigenvalue weighted by Crippen LogP contribution is 1.95. The van der Waals surface area contributed by atoms with Crippen LogP contribution in [0.2, 0.25) is 0 Å². The zero-order valence-electron chi connectivity index (χ0n) is 4.89. The van der Waals surface area contributed by atoms with Crippen LogP contribution in [0.25, 0.3) is 0 Å².